The van der Waals surface area contributed by atoms with Crippen LogP contribution in [-0.2, 0) is 9.53 Å². The number of ketones is 1. The lowest BCUT2D eigenvalue weighted by Crippen LogP contribution is -2.35. The van der Waals surface area contributed by atoms with Crippen LogP contribution in [-0.4, -0.2) is 30.9 Å². The van der Waals surface area contributed by atoms with Crippen LogP contribution in [0, 0.1) is 11.3 Å². The van der Waals surface area contributed by atoms with Crippen LogP contribution >= 0.6 is 15.9 Å². The van der Waals surface area contributed by atoms with Crippen molar-refractivity contribution >= 4 is 27.8 Å². The Morgan fingerprint density at radius 2 is 1.94 bits per heavy atom. The average molecular weight is 294 g/mol. The fraction of sp³-hybridized carbons (Fsp3) is 0.818. The molecular formula is C11H20BrNO3. The highest BCUT2D eigenvalue weighted by Crippen LogP contribution is 2.25. The molecule has 0 saturated carbocycles. The van der Waals surface area contributed by atoms with E-state index in [-0.39, 0.29) is 17.1 Å². The average Bonchev–Trinajstić information content (AvgIpc) is 2.20. The number of hydrogen-bond acceptors (Lipinski definition) is 3. The van der Waals surface area contributed by atoms with Crippen molar-refractivity contribution in [3.8, 4) is 0 Å². The summed E-state index contributed by atoms with van der Waals surface area (Å²) in [6.07, 6.45) is 0.239. The summed E-state index contributed by atoms with van der Waals surface area (Å²) in [5.41, 5.74) is 0.0558. The van der Waals surface area contributed by atoms with Gasteiger partial charge in [-0.15, -0.1) is 0 Å². The Kier molecular flexibility index (Phi) is 6.64. The third-order valence-corrected chi connectivity index (χ3v) is 2.68. The lowest BCUT2D eigenvalue weighted by Gasteiger charge is -2.24. The first-order valence-corrected chi connectivity index (χ1v) is 6.33. The molecule has 0 fully saturated rings. The van der Waals surface area contributed by atoms with Gasteiger partial charge in [-0.1, -0.05) is 36.7 Å². The van der Waals surface area contributed by atoms with Crippen molar-refractivity contribution in [1.29, 1.82) is 0 Å². The molecule has 1 N–H and O–H groups in total. The molecule has 0 radical (unpaired) electrons. The second-order valence-corrected chi connectivity index (χ2v) is 5.49. The fourth-order valence-corrected chi connectivity index (χ4v) is 1.88. The molecule has 0 aromatic heterocycles. The molecule has 94 valence electrons. The van der Waals surface area contributed by atoms with Gasteiger partial charge in [0.25, 0.3) is 0 Å². The molecule has 4 nitrogen and oxygen atoms in total. The van der Waals surface area contributed by atoms with Crippen molar-refractivity contribution in [2.75, 3.05) is 19.0 Å². The number of carbonyl (C=O) groups excluding carboxylic acids is 2. The van der Waals surface area contributed by atoms with Crippen molar-refractivity contribution in [3.63, 3.8) is 0 Å². The molecule has 0 heterocycles. The van der Waals surface area contributed by atoms with Crippen LogP contribution in [0.4, 0.5) is 4.79 Å². The number of nitrogens with one attached hydrogen (secondary N) is 1. The quantitative estimate of drug-likeness (QED) is 0.792. The summed E-state index contributed by atoms with van der Waals surface area (Å²) < 4.78 is 4.47. The SMILES string of the molecule is COC(=O)NCC(CC(C)(C)C)C(=O)CBr. The third kappa shape index (κ3) is 6.82. The number of halogens is 1. The van der Waals surface area contributed by atoms with Crippen LogP contribution in [0.5, 0.6) is 0 Å². The lowest BCUT2D eigenvalue weighted by atomic mass is 9.83. The summed E-state index contributed by atoms with van der Waals surface area (Å²) in [4.78, 5) is 22.6. The maximum absolute atomic E-state index is 11.7. The minimum Gasteiger partial charge on any atom is -0.453 e. The highest BCUT2D eigenvalue weighted by atomic mass is 79.9. The van der Waals surface area contributed by atoms with Crippen molar-refractivity contribution in [1.82, 2.24) is 5.32 Å². The Hall–Kier alpha value is -0.580. The van der Waals surface area contributed by atoms with Gasteiger partial charge in [-0.2, -0.15) is 0 Å². The molecule has 0 aromatic carbocycles. The van der Waals surface area contributed by atoms with Crippen LogP contribution in [0.2, 0.25) is 0 Å². The summed E-state index contributed by atoms with van der Waals surface area (Å²) in [6.45, 7) is 6.54. The van der Waals surface area contributed by atoms with Crippen LogP contribution in [0.25, 0.3) is 0 Å². The smallest absolute Gasteiger partial charge is 0.406 e. The molecule has 5 heteroatoms. The van der Waals surface area contributed by atoms with Crippen molar-refractivity contribution in [2.45, 2.75) is 27.2 Å². The second-order valence-electron chi connectivity index (χ2n) is 4.93. The molecule has 0 aliphatic heterocycles. The van der Waals surface area contributed by atoms with E-state index in [0.717, 1.165) is 6.42 Å². The van der Waals surface area contributed by atoms with Gasteiger partial charge < -0.3 is 10.1 Å². The van der Waals surface area contributed by atoms with E-state index in [1.54, 1.807) is 0 Å². The molecule has 0 aliphatic carbocycles. The van der Waals surface area contributed by atoms with Gasteiger partial charge in [-0.3, -0.25) is 4.79 Å². The minimum atomic E-state index is -0.499. The largest absolute Gasteiger partial charge is 0.453 e. The normalized spacial score (nSPS) is 13.1. The van der Waals surface area contributed by atoms with Gasteiger partial charge >= 0.3 is 6.09 Å². The summed E-state index contributed by atoms with van der Waals surface area (Å²) in [6, 6.07) is 0. The van der Waals surface area contributed by atoms with E-state index in [1.807, 2.05) is 0 Å². The zero-order valence-electron chi connectivity index (χ0n) is 10.3. The molecule has 0 bridgehead atoms. The monoisotopic (exact) mass is 293 g/mol. The van der Waals surface area contributed by atoms with E-state index in [2.05, 4.69) is 46.8 Å². The molecule has 1 unspecified atom stereocenters. The Morgan fingerprint density at radius 3 is 2.31 bits per heavy atom. The third-order valence-electron chi connectivity index (χ3n) is 2.12. The summed E-state index contributed by atoms with van der Waals surface area (Å²) in [7, 11) is 1.31. The van der Waals surface area contributed by atoms with E-state index in [9.17, 15) is 9.59 Å². The Bertz CT molecular complexity index is 248. The van der Waals surface area contributed by atoms with E-state index in [1.165, 1.54) is 7.11 Å². The highest BCUT2D eigenvalue weighted by Gasteiger charge is 2.24. The Morgan fingerprint density at radius 1 is 1.38 bits per heavy atom. The standard InChI is InChI=1S/C11H20BrNO3/c1-11(2,3)5-8(9(14)6-12)7-13-10(15)16-4/h8H,5-7H2,1-4H3,(H,13,15). The summed E-state index contributed by atoms with van der Waals surface area (Å²) in [5.74, 6) is -0.0650. The van der Waals surface area contributed by atoms with Crippen molar-refractivity contribution in [3.05, 3.63) is 0 Å². The van der Waals surface area contributed by atoms with Crippen LogP contribution in [0.3, 0.4) is 0 Å². The molecule has 0 rings (SSSR count). The van der Waals surface area contributed by atoms with Gasteiger partial charge in [0, 0.05) is 12.5 Å². The fourth-order valence-electron chi connectivity index (χ4n) is 1.43. The number of carbonyl (C=O) groups is 2. The number of methoxy groups -OCH3 is 1. The van der Waals surface area contributed by atoms with Crippen LogP contribution in [0.1, 0.15) is 27.2 Å². The molecular weight excluding hydrogens is 274 g/mol. The second kappa shape index (κ2) is 6.89. The summed E-state index contributed by atoms with van der Waals surface area (Å²) in [5, 5.41) is 2.88. The zero-order valence-corrected chi connectivity index (χ0v) is 11.9. The minimum absolute atomic E-state index is 0.0558. The maximum atomic E-state index is 11.7. The van der Waals surface area contributed by atoms with Crippen LogP contribution < -0.4 is 5.32 Å². The van der Waals surface area contributed by atoms with Gasteiger partial charge in [0.1, 0.15) is 5.78 Å². The number of hydrogen-bond donors (Lipinski definition) is 1. The number of ether oxygens (including phenoxy) is 1. The van der Waals surface area contributed by atoms with Gasteiger partial charge in [-0.25, -0.2) is 4.79 Å². The molecule has 16 heavy (non-hydrogen) atoms. The van der Waals surface area contributed by atoms with E-state index in [4.69, 9.17) is 0 Å². The number of alkyl carbamates (subject to hydrolysis) is 1. The number of rotatable bonds is 5. The Balaban J connectivity index is 4.33. The van der Waals surface area contributed by atoms with E-state index in [0.29, 0.717) is 11.9 Å². The number of Topliss-reactive ketones (excluding diaryl/α,β-unsaturated/α-hetero) is 1. The molecule has 0 aliphatic rings. The van der Waals surface area contributed by atoms with Crippen LogP contribution in [0.15, 0.2) is 0 Å². The molecule has 0 aromatic rings. The predicted molar refractivity (Wildman–Crippen MR) is 66.8 cm³/mol. The van der Waals surface area contributed by atoms with Crippen molar-refractivity contribution in [2.24, 2.45) is 11.3 Å². The van der Waals surface area contributed by atoms with Gasteiger partial charge in [0.15, 0.2) is 0 Å². The lowest BCUT2D eigenvalue weighted by molar-refractivity contribution is -0.120. The number of alkyl halides is 1. The molecule has 0 spiro atoms. The molecule has 1 amide bonds. The van der Waals surface area contributed by atoms with Gasteiger partial charge in [0.05, 0.1) is 12.4 Å². The molecule has 1 atom stereocenters. The summed E-state index contributed by atoms with van der Waals surface area (Å²) >= 11 is 3.15. The topological polar surface area (TPSA) is 55.4 Å². The first kappa shape index (κ1) is 15.4. The predicted octanol–water partition coefficient (Wildman–Crippen LogP) is 2.36. The van der Waals surface area contributed by atoms with Gasteiger partial charge in [-0.05, 0) is 11.8 Å². The zero-order chi connectivity index (χ0) is 12.8. The van der Waals surface area contributed by atoms with E-state index < -0.39 is 6.09 Å². The maximum Gasteiger partial charge on any atom is 0.406 e. The Labute approximate surface area is 105 Å². The first-order chi connectivity index (χ1) is 7.30. The van der Waals surface area contributed by atoms with Crippen molar-refractivity contribution < 1.29 is 14.3 Å². The van der Waals surface area contributed by atoms with Gasteiger partial charge in [0.2, 0.25) is 0 Å². The molecule has 0 saturated heterocycles. The number of amides is 1. The van der Waals surface area contributed by atoms with E-state index >= 15 is 0 Å². The first-order valence-electron chi connectivity index (χ1n) is 5.20. The highest BCUT2D eigenvalue weighted by molar-refractivity contribution is 9.09.